The van der Waals surface area contributed by atoms with Crippen molar-refractivity contribution in [3.05, 3.63) is 82.8 Å². The SMILES string of the molecule is CCOC(OCC)c1nc(Cl)c2nc(SCc3ccccc3)n(Cc3ccccc3)c2n1. The van der Waals surface area contributed by atoms with Crippen LogP contribution in [0.25, 0.3) is 11.2 Å². The predicted octanol–water partition coefficient (Wildman–Crippen LogP) is 5.89. The zero-order chi connectivity index (χ0) is 22.3. The summed E-state index contributed by atoms with van der Waals surface area (Å²) in [7, 11) is 0. The van der Waals surface area contributed by atoms with Crippen LogP contribution in [-0.4, -0.2) is 32.7 Å². The van der Waals surface area contributed by atoms with Crippen LogP contribution in [0, 0.1) is 0 Å². The highest BCUT2D eigenvalue weighted by Crippen LogP contribution is 2.31. The molecule has 8 heteroatoms. The highest BCUT2D eigenvalue weighted by molar-refractivity contribution is 7.98. The molecular weight excluding hydrogens is 444 g/mol. The van der Waals surface area contributed by atoms with E-state index in [1.54, 1.807) is 11.8 Å². The summed E-state index contributed by atoms with van der Waals surface area (Å²) < 4.78 is 13.5. The molecule has 4 rings (SSSR count). The molecule has 0 saturated heterocycles. The number of imidazole rings is 1. The molecule has 0 amide bonds. The second kappa shape index (κ2) is 10.9. The fourth-order valence-corrected chi connectivity index (χ4v) is 4.47. The minimum absolute atomic E-state index is 0.294. The molecule has 0 radical (unpaired) electrons. The molecule has 6 nitrogen and oxygen atoms in total. The fourth-order valence-electron chi connectivity index (χ4n) is 3.31. The molecule has 2 aromatic heterocycles. The molecule has 0 unspecified atom stereocenters. The number of ether oxygens (including phenoxy) is 2. The quantitative estimate of drug-likeness (QED) is 0.164. The lowest BCUT2D eigenvalue weighted by molar-refractivity contribution is -0.145. The Hall–Kier alpha value is -2.45. The van der Waals surface area contributed by atoms with E-state index in [0.29, 0.717) is 41.9 Å². The summed E-state index contributed by atoms with van der Waals surface area (Å²) >= 11 is 8.22. The van der Waals surface area contributed by atoms with Crippen molar-refractivity contribution in [3.63, 3.8) is 0 Å². The molecule has 0 atom stereocenters. The Bertz CT molecular complexity index is 1150. The summed E-state index contributed by atoms with van der Waals surface area (Å²) in [6.07, 6.45) is -0.674. The monoisotopic (exact) mass is 468 g/mol. The van der Waals surface area contributed by atoms with Gasteiger partial charge in [-0.1, -0.05) is 84.0 Å². The molecule has 0 aliphatic heterocycles. The van der Waals surface area contributed by atoms with E-state index in [-0.39, 0.29) is 0 Å². The Morgan fingerprint density at radius 1 is 0.875 bits per heavy atom. The van der Waals surface area contributed by atoms with Gasteiger partial charge in [0, 0.05) is 19.0 Å². The van der Waals surface area contributed by atoms with Crippen molar-refractivity contribution in [2.75, 3.05) is 13.2 Å². The smallest absolute Gasteiger partial charge is 0.219 e. The summed E-state index contributed by atoms with van der Waals surface area (Å²) in [5.74, 6) is 1.19. The molecule has 4 aromatic rings. The largest absolute Gasteiger partial charge is 0.346 e. The lowest BCUT2D eigenvalue weighted by atomic mass is 10.2. The van der Waals surface area contributed by atoms with Crippen LogP contribution in [0.15, 0.2) is 65.8 Å². The molecular formula is C24H25ClN4O2S. The van der Waals surface area contributed by atoms with E-state index in [2.05, 4.69) is 33.8 Å². The van der Waals surface area contributed by atoms with Crippen LogP contribution in [0.5, 0.6) is 0 Å². The van der Waals surface area contributed by atoms with Crippen LogP contribution in [0.3, 0.4) is 0 Å². The Morgan fingerprint density at radius 3 is 2.12 bits per heavy atom. The number of thioether (sulfide) groups is 1. The normalized spacial score (nSPS) is 11.5. The summed E-state index contributed by atoms with van der Waals surface area (Å²) in [5.41, 5.74) is 3.62. The van der Waals surface area contributed by atoms with E-state index in [1.165, 1.54) is 5.56 Å². The van der Waals surface area contributed by atoms with Gasteiger partial charge in [0.1, 0.15) is 5.52 Å². The molecule has 0 fully saturated rings. The number of halogens is 1. The molecule has 0 N–H and O–H groups in total. The van der Waals surface area contributed by atoms with Gasteiger partial charge in [-0.05, 0) is 25.0 Å². The third kappa shape index (κ3) is 5.30. The van der Waals surface area contributed by atoms with E-state index in [0.717, 1.165) is 16.5 Å². The van der Waals surface area contributed by atoms with Crippen molar-refractivity contribution in [3.8, 4) is 0 Å². The third-order valence-corrected chi connectivity index (χ3v) is 6.09. The number of hydrogen-bond donors (Lipinski definition) is 0. The predicted molar refractivity (Wildman–Crippen MR) is 128 cm³/mol. The lowest BCUT2D eigenvalue weighted by Crippen LogP contribution is -2.14. The maximum atomic E-state index is 6.56. The van der Waals surface area contributed by atoms with Gasteiger partial charge in [-0.2, -0.15) is 0 Å². The number of fused-ring (bicyclic) bond motifs is 1. The van der Waals surface area contributed by atoms with Crippen molar-refractivity contribution in [2.24, 2.45) is 0 Å². The van der Waals surface area contributed by atoms with Crippen LogP contribution >= 0.6 is 23.4 Å². The Balaban J connectivity index is 1.77. The molecule has 0 aliphatic carbocycles. The number of hydrogen-bond acceptors (Lipinski definition) is 6. The summed E-state index contributed by atoms with van der Waals surface area (Å²) in [5, 5.41) is 1.13. The summed E-state index contributed by atoms with van der Waals surface area (Å²) in [4.78, 5) is 14.0. The summed E-state index contributed by atoms with van der Waals surface area (Å²) in [6, 6.07) is 20.5. The average Bonchev–Trinajstić information content (AvgIpc) is 3.17. The first kappa shape index (κ1) is 22.7. The van der Waals surface area contributed by atoms with E-state index in [1.807, 2.05) is 50.2 Å². The second-order valence-corrected chi connectivity index (χ2v) is 8.33. The van der Waals surface area contributed by atoms with Crippen LogP contribution in [0.2, 0.25) is 5.15 Å². The minimum Gasteiger partial charge on any atom is -0.346 e. The van der Waals surface area contributed by atoms with E-state index in [9.17, 15) is 0 Å². The van der Waals surface area contributed by atoms with Gasteiger partial charge in [-0.25, -0.2) is 15.0 Å². The molecule has 0 bridgehead atoms. The molecule has 32 heavy (non-hydrogen) atoms. The maximum Gasteiger partial charge on any atom is 0.219 e. The molecule has 166 valence electrons. The van der Waals surface area contributed by atoms with Gasteiger partial charge >= 0.3 is 0 Å². The van der Waals surface area contributed by atoms with Gasteiger partial charge < -0.3 is 9.47 Å². The zero-order valence-corrected chi connectivity index (χ0v) is 19.6. The lowest BCUT2D eigenvalue weighted by Gasteiger charge is -2.16. The van der Waals surface area contributed by atoms with Gasteiger partial charge in [-0.3, -0.25) is 4.57 Å². The first-order chi connectivity index (χ1) is 15.7. The van der Waals surface area contributed by atoms with Crippen molar-refractivity contribution < 1.29 is 9.47 Å². The van der Waals surface area contributed by atoms with Crippen molar-refractivity contribution in [1.29, 1.82) is 0 Å². The number of aromatic nitrogens is 4. The van der Waals surface area contributed by atoms with E-state index >= 15 is 0 Å². The van der Waals surface area contributed by atoms with E-state index in [4.69, 9.17) is 31.0 Å². The second-order valence-electron chi connectivity index (χ2n) is 7.03. The number of rotatable bonds is 10. The minimum atomic E-state index is -0.674. The topological polar surface area (TPSA) is 62.1 Å². The molecule has 0 spiro atoms. The molecule has 2 aromatic carbocycles. The Kier molecular flexibility index (Phi) is 7.76. The first-order valence-corrected chi connectivity index (χ1v) is 11.9. The number of nitrogens with zero attached hydrogens (tertiary/aromatic N) is 4. The van der Waals surface area contributed by atoms with Crippen LogP contribution in [-0.2, 0) is 21.8 Å². The maximum absolute atomic E-state index is 6.56. The highest BCUT2D eigenvalue weighted by atomic mass is 35.5. The first-order valence-electron chi connectivity index (χ1n) is 10.6. The standard InChI is InChI=1S/C24H25ClN4O2S/c1-3-30-23(31-4-2)21-27-20(25)19-22(28-21)29(15-17-11-7-5-8-12-17)24(26-19)32-16-18-13-9-6-10-14-18/h5-14,23H,3-4,15-16H2,1-2H3. The average molecular weight is 469 g/mol. The third-order valence-electron chi connectivity index (χ3n) is 4.78. The summed E-state index contributed by atoms with van der Waals surface area (Å²) in [6.45, 7) is 5.39. The Morgan fingerprint density at radius 2 is 1.50 bits per heavy atom. The zero-order valence-electron chi connectivity index (χ0n) is 18.1. The highest BCUT2D eigenvalue weighted by Gasteiger charge is 2.22. The number of benzene rings is 2. The Labute approximate surface area is 197 Å². The van der Waals surface area contributed by atoms with Crippen LogP contribution < -0.4 is 0 Å². The molecule has 2 heterocycles. The van der Waals surface area contributed by atoms with Crippen LogP contribution in [0.4, 0.5) is 0 Å². The van der Waals surface area contributed by atoms with Crippen LogP contribution in [0.1, 0.15) is 37.1 Å². The fraction of sp³-hybridized carbons (Fsp3) is 0.292. The van der Waals surface area contributed by atoms with Gasteiger partial charge in [0.15, 0.2) is 21.8 Å². The van der Waals surface area contributed by atoms with Gasteiger partial charge in [0.05, 0.1) is 6.54 Å². The van der Waals surface area contributed by atoms with Gasteiger partial charge in [0.25, 0.3) is 0 Å². The molecule has 0 aliphatic rings. The van der Waals surface area contributed by atoms with Crippen molar-refractivity contribution >= 4 is 34.5 Å². The van der Waals surface area contributed by atoms with Gasteiger partial charge in [0.2, 0.25) is 6.29 Å². The van der Waals surface area contributed by atoms with E-state index < -0.39 is 6.29 Å². The van der Waals surface area contributed by atoms with Gasteiger partial charge in [-0.15, -0.1) is 0 Å². The van der Waals surface area contributed by atoms with Crippen molar-refractivity contribution in [2.45, 2.75) is 37.6 Å². The molecule has 0 saturated carbocycles. The van der Waals surface area contributed by atoms with Crippen molar-refractivity contribution in [1.82, 2.24) is 19.5 Å².